The predicted octanol–water partition coefficient (Wildman–Crippen LogP) is 0.716. The van der Waals surface area contributed by atoms with Gasteiger partial charge in [-0.05, 0) is 6.42 Å². The Morgan fingerprint density at radius 1 is 1.00 bits per heavy atom. The average molecular weight is 208 g/mol. The SMILES string of the molecule is [CH2-]CC(O)CCCCCCCCC.[Na+]. The molecule has 1 N–H and O–H groups in total. The smallest absolute Gasteiger partial charge is 0.396 e. The molecule has 1 unspecified atom stereocenters. The fourth-order valence-electron chi connectivity index (χ4n) is 1.48. The molecule has 0 saturated heterocycles. The van der Waals surface area contributed by atoms with E-state index < -0.39 is 0 Å². The van der Waals surface area contributed by atoms with E-state index in [1.165, 1.54) is 44.9 Å². The minimum Gasteiger partial charge on any atom is -0.396 e. The Morgan fingerprint density at radius 2 is 1.50 bits per heavy atom. The molecule has 0 fully saturated rings. The van der Waals surface area contributed by atoms with Crippen molar-refractivity contribution < 1.29 is 34.7 Å². The summed E-state index contributed by atoms with van der Waals surface area (Å²) in [4.78, 5) is 0. The van der Waals surface area contributed by atoms with Gasteiger partial charge >= 0.3 is 29.6 Å². The Balaban J connectivity index is 0. The van der Waals surface area contributed by atoms with Crippen LogP contribution in [0.4, 0.5) is 0 Å². The Kier molecular flexibility index (Phi) is 17.3. The molecule has 0 aromatic heterocycles. The first-order valence-electron chi connectivity index (χ1n) is 5.78. The van der Waals surface area contributed by atoms with Gasteiger partial charge in [0.1, 0.15) is 0 Å². The number of aliphatic hydroxyl groups is 1. The van der Waals surface area contributed by atoms with Gasteiger partial charge in [-0.25, -0.2) is 0 Å². The van der Waals surface area contributed by atoms with Crippen molar-refractivity contribution in [3.8, 4) is 0 Å². The van der Waals surface area contributed by atoms with E-state index >= 15 is 0 Å². The molecule has 0 radical (unpaired) electrons. The van der Waals surface area contributed by atoms with E-state index in [0.29, 0.717) is 6.42 Å². The number of unbranched alkanes of at least 4 members (excludes halogenated alkanes) is 6. The zero-order valence-corrected chi connectivity index (χ0v) is 12.1. The van der Waals surface area contributed by atoms with Crippen LogP contribution in [0.15, 0.2) is 0 Å². The number of rotatable bonds is 9. The summed E-state index contributed by atoms with van der Waals surface area (Å²) in [6.07, 6.45) is 10.7. The van der Waals surface area contributed by atoms with Crippen molar-refractivity contribution in [2.45, 2.75) is 70.8 Å². The van der Waals surface area contributed by atoms with Gasteiger partial charge in [0.25, 0.3) is 0 Å². The second kappa shape index (κ2) is 14.0. The Bertz CT molecular complexity index is 96.3. The van der Waals surface area contributed by atoms with Crippen molar-refractivity contribution in [1.29, 1.82) is 0 Å². The summed E-state index contributed by atoms with van der Waals surface area (Å²) in [6.45, 7) is 5.92. The van der Waals surface area contributed by atoms with Crippen molar-refractivity contribution in [3.63, 3.8) is 0 Å². The summed E-state index contributed by atoms with van der Waals surface area (Å²) < 4.78 is 0. The fourth-order valence-corrected chi connectivity index (χ4v) is 1.48. The van der Waals surface area contributed by atoms with Crippen LogP contribution in [0.1, 0.15) is 64.7 Å². The molecule has 14 heavy (non-hydrogen) atoms. The monoisotopic (exact) mass is 208 g/mol. The second-order valence-corrected chi connectivity index (χ2v) is 3.85. The van der Waals surface area contributed by atoms with E-state index in [0.717, 1.165) is 6.42 Å². The Morgan fingerprint density at radius 3 is 2.00 bits per heavy atom. The maximum Gasteiger partial charge on any atom is 1.00 e. The van der Waals surface area contributed by atoms with Crippen LogP contribution in [0, 0.1) is 6.92 Å². The van der Waals surface area contributed by atoms with Crippen LogP contribution in [0.3, 0.4) is 0 Å². The van der Waals surface area contributed by atoms with Gasteiger partial charge < -0.3 is 12.0 Å². The van der Waals surface area contributed by atoms with E-state index in [9.17, 15) is 5.11 Å². The van der Waals surface area contributed by atoms with Crippen molar-refractivity contribution in [1.82, 2.24) is 0 Å². The van der Waals surface area contributed by atoms with Gasteiger partial charge in [-0.1, -0.05) is 51.9 Å². The van der Waals surface area contributed by atoms with E-state index in [1.54, 1.807) is 0 Å². The summed E-state index contributed by atoms with van der Waals surface area (Å²) in [5.74, 6) is 0. The molecule has 0 spiro atoms. The molecule has 2 heteroatoms. The third-order valence-corrected chi connectivity index (χ3v) is 2.47. The first kappa shape index (κ1) is 17.4. The third-order valence-electron chi connectivity index (χ3n) is 2.47. The first-order valence-corrected chi connectivity index (χ1v) is 5.78. The van der Waals surface area contributed by atoms with Crippen molar-refractivity contribution in [2.24, 2.45) is 0 Å². The van der Waals surface area contributed by atoms with Crippen LogP contribution in [-0.4, -0.2) is 11.2 Å². The van der Waals surface area contributed by atoms with E-state index in [1.807, 2.05) is 0 Å². The molecule has 0 aliphatic carbocycles. The van der Waals surface area contributed by atoms with E-state index in [4.69, 9.17) is 0 Å². The molecule has 0 saturated carbocycles. The molecule has 0 rings (SSSR count). The van der Waals surface area contributed by atoms with Gasteiger partial charge in [0, 0.05) is 6.10 Å². The summed E-state index contributed by atoms with van der Waals surface area (Å²) in [7, 11) is 0. The molecule has 0 aliphatic rings. The minimum absolute atomic E-state index is 0. The molecular weight excluding hydrogens is 183 g/mol. The van der Waals surface area contributed by atoms with Crippen LogP contribution < -0.4 is 29.6 Å². The Labute approximate surface area is 112 Å². The molecule has 0 bridgehead atoms. The molecule has 0 aliphatic heterocycles. The molecule has 0 aromatic rings. The minimum atomic E-state index is -0.157. The number of hydrogen-bond acceptors (Lipinski definition) is 1. The number of hydrogen-bond donors (Lipinski definition) is 1. The van der Waals surface area contributed by atoms with Crippen LogP contribution >= 0.6 is 0 Å². The zero-order chi connectivity index (χ0) is 9.94. The summed E-state index contributed by atoms with van der Waals surface area (Å²) in [5, 5.41) is 9.24. The topological polar surface area (TPSA) is 20.2 Å². The average Bonchev–Trinajstić information content (AvgIpc) is 2.16. The molecule has 0 amide bonds. The van der Waals surface area contributed by atoms with Gasteiger partial charge in [0.2, 0.25) is 0 Å². The normalized spacial score (nSPS) is 12.2. The third kappa shape index (κ3) is 13.0. The maximum atomic E-state index is 9.24. The summed E-state index contributed by atoms with van der Waals surface area (Å²) >= 11 is 0. The Hall–Kier alpha value is 0.960. The number of aliphatic hydroxyl groups excluding tert-OH is 1. The molecular formula is C12H25NaO. The van der Waals surface area contributed by atoms with Crippen molar-refractivity contribution >= 4 is 0 Å². The van der Waals surface area contributed by atoms with Crippen molar-refractivity contribution in [3.05, 3.63) is 6.92 Å². The maximum absolute atomic E-state index is 9.24. The zero-order valence-electron chi connectivity index (χ0n) is 10.1. The molecule has 80 valence electrons. The van der Waals surface area contributed by atoms with Crippen LogP contribution in [-0.2, 0) is 0 Å². The van der Waals surface area contributed by atoms with Gasteiger partial charge in [-0.2, -0.15) is 6.42 Å². The van der Waals surface area contributed by atoms with Gasteiger partial charge in [-0.3, -0.25) is 0 Å². The molecule has 0 heterocycles. The largest absolute Gasteiger partial charge is 1.00 e. The van der Waals surface area contributed by atoms with Gasteiger partial charge in [-0.15, -0.1) is 0 Å². The predicted molar refractivity (Wildman–Crippen MR) is 58.6 cm³/mol. The van der Waals surface area contributed by atoms with Crippen LogP contribution in [0.2, 0.25) is 0 Å². The van der Waals surface area contributed by atoms with Crippen LogP contribution in [0.25, 0.3) is 0 Å². The van der Waals surface area contributed by atoms with Crippen molar-refractivity contribution in [2.75, 3.05) is 0 Å². The molecule has 0 aromatic carbocycles. The summed E-state index contributed by atoms with van der Waals surface area (Å²) in [6, 6.07) is 0. The molecule has 1 atom stereocenters. The molecule has 1 nitrogen and oxygen atoms in total. The quantitative estimate of drug-likeness (QED) is 0.336. The first-order chi connectivity index (χ1) is 6.31. The van der Waals surface area contributed by atoms with Gasteiger partial charge in [0.05, 0.1) is 0 Å². The van der Waals surface area contributed by atoms with E-state index in [2.05, 4.69) is 13.8 Å². The summed E-state index contributed by atoms with van der Waals surface area (Å²) in [5.41, 5.74) is 0. The second-order valence-electron chi connectivity index (χ2n) is 3.85. The van der Waals surface area contributed by atoms with Crippen LogP contribution in [0.5, 0.6) is 0 Å². The van der Waals surface area contributed by atoms with Gasteiger partial charge in [0.15, 0.2) is 0 Å². The fraction of sp³-hybridized carbons (Fsp3) is 0.917. The van der Waals surface area contributed by atoms with E-state index in [-0.39, 0.29) is 35.7 Å². The standard InChI is InChI=1S/C12H25O.Na/c1-3-5-6-7-8-9-10-11-12(13)4-2;/h12-13H,2-11H2,1H3;/q-1;+1.